The van der Waals surface area contributed by atoms with Crippen molar-refractivity contribution in [2.45, 2.75) is 167 Å². The van der Waals surface area contributed by atoms with E-state index in [4.69, 9.17) is 0 Å². The van der Waals surface area contributed by atoms with Crippen LogP contribution in [0.15, 0.2) is 72.9 Å². The van der Waals surface area contributed by atoms with Crippen LogP contribution in [0.25, 0.3) is 11.1 Å². The van der Waals surface area contributed by atoms with Gasteiger partial charge in [0.25, 0.3) is 0 Å². The van der Waals surface area contributed by atoms with Crippen molar-refractivity contribution in [1.29, 1.82) is 0 Å². The number of rotatable bonds is 6. The molecule has 8 rings (SSSR count). The van der Waals surface area contributed by atoms with Gasteiger partial charge in [0.15, 0.2) is 0 Å². The van der Waals surface area contributed by atoms with Gasteiger partial charge in [0.1, 0.15) is 0 Å². The van der Waals surface area contributed by atoms with Crippen molar-refractivity contribution in [2.24, 2.45) is 47.3 Å². The van der Waals surface area contributed by atoms with Crippen LogP contribution in [0, 0.1) is 47.3 Å². The first-order chi connectivity index (χ1) is 25.5. The zero-order chi connectivity index (χ0) is 39.6. The van der Waals surface area contributed by atoms with Crippen molar-refractivity contribution in [3.8, 4) is 0 Å². The van der Waals surface area contributed by atoms with Gasteiger partial charge in [-0.05, 0) is 163 Å². The maximum absolute atomic E-state index is 2.92. The Balaban J connectivity index is 1.17. The molecule has 296 valence electrons. The van der Waals surface area contributed by atoms with E-state index in [0.29, 0.717) is 23.7 Å². The lowest BCUT2D eigenvalue weighted by molar-refractivity contribution is 0.415. The second-order valence-electron chi connectivity index (χ2n) is 24.3. The molecule has 0 heterocycles. The Kier molecular flexibility index (Phi) is 9.56. The van der Waals surface area contributed by atoms with Gasteiger partial charge in [-0.15, -0.1) is 0 Å². The molecule has 8 atom stereocenters. The number of hydrogen-bond donors (Lipinski definition) is 0. The fourth-order valence-corrected chi connectivity index (χ4v) is 18.7. The summed E-state index contributed by atoms with van der Waals surface area (Å²) in [7, 11) is -1.81. The lowest BCUT2D eigenvalue weighted by Gasteiger charge is -2.47. The van der Waals surface area contributed by atoms with E-state index >= 15 is 0 Å². The Bertz CT molecular complexity index is 1720. The summed E-state index contributed by atoms with van der Waals surface area (Å²) in [6, 6.07) is 15.4. The van der Waals surface area contributed by atoms with Gasteiger partial charge in [-0.1, -0.05) is 169 Å². The SMILES string of the molecule is CC(C)(C)c1cc(C2=CC=CC3C2CC(C2CC2)C3[Si](C)(C)C2C3C=CC=C(c4cc(C(C)(C)C)cc(C(C)(C)C)c4)C3CC2C2CC2)cc(C(C)(C)C)c1. The molecule has 0 amide bonds. The van der Waals surface area contributed by atoms with Gasteiger partial charge in [-0.3, -0.25) is 0 Å². The molecule has 0 spiro atoms. The molecule has 6 aliphatic rings. The first-order valence-corrected chi connectivity index (χ1v) is 25.8. The van der Waals surface area contributed by atoms with Crippen LogP contribution in [0.4, 0.5) is 0 Å². The van der Waals surface area contributed by atoms with Crippen LogP contribution in [0.1, 0.15) is 155 Å². The molecular weight excluding hydrogens is 677 g/mol. The van der Waals surface area contributed by atoms with Crippen LogP contribution in [-0.4, -0.2) is 8.07 Å². The van der Waals surface area contributed by atoms with E-state index in [1.54, 1.807) is 11.1 Å². The van der Waals surface area contributed by atoms with Crippen LogP contribution in [0.3, 0.4) is 0 Å². The highest BCUT2D eigenvalue weighted by molar-refractivity contribution is 6.80. The van der Waals surface area contributed by atoms with Crippen molar-refractivity contribution in [3.63, 3.8) is 0 Å². The lowest BCUT2D eigenvalue weighted by atomic mass is 9.75. The molecular formula is C54H76Si. The second-order valence-corrected chi connectivity index (χ2v) is 29.3. The lowest BCUT2D eigenvalue weighted by Crippen LogP contribution is -2.47. The molecule has 2 aromatic rings. The summed E-state index contributed by atoms with van der Waals surface area (Å²) in [4.78, 5) is 0. The monoisotopic (exact) mass is 753 g/mol. The highest BCUT2D eigenvalue weighted by Gasteiger charge is 2.62. The van der Waals surface area contributed by atoms with Gasteiger partial charge < -0.3 is 0 Å². The zero-order valence-corrected chi connectivity index (χ0v) is 38.4. The summed E-state index contributed by atoms with van der Waals surface area (Å²) in [5, 5.41) is 0. The first kappa shape index (κ1) is 39.4. The normalized spacial score (nSPS) is 31.3. The molecule has 6 aliphatic carbocycles. The minimum absolute atomic E-state index is 0.129. The van der Waals surface area contributed by atoms with Crippen molar-refractivity contribution in [1.82, 2.24) is 0 Å². The average molecular weight is 753 g/mol. The highest BCUT2D eigenvalue weighted by Crippen LogP contribution is 2.70. The Morgan fingerprint density at radius 2 is 0.764 bits per heavy atom. The summed E-state index contributed by atoms with van der Waals surface area (Å²) in [6.45, 7) is 34.6. The number of hydrogen-bond acceptors (Lipinski definition) is 0. The topological polar surface area (TPSA) is 0 Å². The third kappa shape index (κ3) is 7.34. The molecule has 0 N–H and O–H groups in total. The third-order valence-electron chi connectivity index (χ3n) is 15.9. The minimum atomic E-state index is -1.81. The maximum Gasteiger partial charge on any atom is 0.0553 e. The quantitative estimate of drug-likeness (QED) is 0.258. The molecule has 4 fully saturated rings. The van der Waals surface area contributed by atoms with E-state index in [9.17, 15) is 0 Å². The van der Waals surface area contributed by atoms with Crippen LogP contribution in [-0.2, 0) is 21.7 Å². The maximum atomic E-state index is 2.92. The molecule has 8 unspecified atom stereocenters. The summed E-state index contributed by atoms with van der Waals surface area (Å²) in [6.07, 6.45) is 24.3. The van der Waals surface area contributed by atoms with E-state index in [-0.39, 0.29) is 21.7 Å². The Morgan fingerprint density at radius 3 is 1.04 bits per heavy atom. The number of fused-ring (bicyclic) bond motifs is 2. The number of benzene rings is 2. The molecule has 0 nitrogen and oxygen atoms in total. The molecule has 0 aliphatic heterocycles. The van der Waals surface area contributed by atoms with Crippen molar-refractivity contribution in [2.75, 3.05) is 0 Å². The van der Waals surface area contributed by atoms with Crippen molar-refractivity contribution >= 4 is 19.2 Å². The largest absolute Gasteiger partial charge is 0.0808 e. The predicted octanol–water partition coefficient (Wildman–Crippen LogP) is 15.3. The van der Waals surface area contributed by atoms with E-state index in [0.717, 1.165) is 34.8 Å². The molecule has 0 radical (unpaired) electrons. The predicted molar refractivity (Wildman–Crippen MR) is 243 cm³/mol. The van der Waals surface area contributed by atoms with Crippen LogP contribution in [0.2, 0.25) is 24.2 Å². The number of allylic oxidation sites excluding steroid dienone is 8. The summed E-state index contributed by atoms with van der Waals surface area (Å²) < 4.78 is 0. The van der Waals surface area contributed by atoms with Gasteiger partial charge in [-0.25, -0.2) is 0 Å². The van der Waals surface area contributed by atoms with Crippen LogP contribution < -0.4 is 0 Å². The van der Waals surface area contributed by atoms with Crippen molar-refractivity contribution < 1.29 is 0 Å². The fraction of sp³-hybridized carbons (Fsp3) is 0.630. The Hall–Kier alpha value is -2.38. The third-order valence-corrected chi connectivity index (χ3v) is 21.0. The smallest absolute Gasteiger partial charge is 0.0553 e. The van der Waals surface area contributed by atoms with E-state index in [1.807, 2.05) is 0 Å². The molecule has 4 saturated carbocycles. The molecule has 0 aromatic heterocycles. The molecule has 2 aromatic carbocycles. The molecule has 0 saturated heterocycles. The highest BCUT2D eigenvalue weighted by atomic mass is 28.3. The molecule has 55 heavy (non-hydrogen) atoms. The van der Waals surface area contributed by atoms with Crippen LogP contribution >= 0.6 is 0 Å². The Labute approximate surface area is 338 Å². The van der Waals surface area contributed by atoms with Gasteiger partial charge in [-0.2, -0.15) is 0 Å². The zero-order valence-electron chi connectivity index (χ0n) is 37.4. The van der Waals surface area contributed by atoms with Gasteiger partial charge in [0.05, 0.1) is 8.07 Å². The van der Waals surface area contributed by atoms with Gasteiger partial charge >= 0.3 is 0 Å². The second kappa shape index (κ2) is 13.3. The van der Waals surface area contributed by atoms with E-state index < -0.39 is 8.07 Å². The van der Waals surface area contributed by atoms with E-state index in [1.165, 1.54) is 71.9 Å². The summed E-state index contributed by atoms with van der Waals surface area (Å²) >= 11 is 0. The fourth-order valence-electron chi connectivity index (χ4n) is 12.5. The standard InChI is InChI=1S/C54H76Si/c1-51(2,3)37-25-35(26-38(29-37)52(4,5)6)41-17-15-19-43-47(41)31-45(33-21-22-33)49(43)55(13,14)50-44-20-16-18-42(48(44)32-46(50)34-23-24-34)36-27-39(53(7,8)9)30-40(28-36)54(10,11)12/h15-20,25-30,33-34,43-50H,21-24,31-32H2,1-14H3. The Morgan fingerprint density at radius 1 is 0.455 bits per heavy atom. The van der Waals surface area contributed by atoms with Crippen molar-refractivity contribution in [3.05, 3.63) is 106 Å². The molecule has 1 heteroatoms. The van der Waals surface area contributed by atoms with Crippen LogP contribution in [0.5, 0.6) is 0 Å². The summed E-state index contributed by atoms with van der Waals surface area (Å²) in [5.74, 6) is 6.34. The van der Waals surface area contributed by atoms with Gasteiger partial charge in [0.2, 0.25) is 0 Å². The average Bonchev–Trinajstić information content (AvgIpc) is 4.03. The molecule has 0 bridgehead atoms. The van der Waals surface area contributed by atoms with E-state index in [2.05, 4.69) is 169 Å². The minimum Gasteiger partial charge on any atom is -0.0808 e. The first-order valence-electron chi connectivity index (χ1n) is 22.6. The van der Waals surface area contributed by atoms with Gasteiger partial charge in [0, 0.05) is 0 Å². The summed E-state index contributed by atoms with van der Waals surface area (Å²) in [5.41, 5.74) is 14.5.